The minimum absolute atomic E-state index is 0.161. The lowest BCUT2D eigenvalue weighted by atomic mass is 10.2. The predicted molar refractivity (Wildman–Crippen MR) is 105 cm³/mol. The van der Waals surface area contributed by atoms with E-state index >= 15 is 0 Å². The molecule has 2 aromatic carbocycles. The van der Waals surface area contributed by atoms with Crippen LogP contribution >= 0.6 is 11.3 Å². The van der Waals surface area contributed by atoms with Crippen molar-refractivity contribution in [2.45, 2.75) is 0 Å². The Morgan fingerprint density at radius 2 is 2.00 bits per heavy atom. The molecule has 0 radical (unpaired) electrons. The van der Waals surface area contributed by atoms with Crippen molar-refractivity contribution in [3.05, 3.63) is 65.9 Å². The van der Waals surface area contributed by atoms with E-state index in [-0.39, 0.29) is 12.7 Å². The van der Waals surface area contributed by atoms with Gasteiger partial charge in [0, 0.05) is 5.56 Å². The second kappa shape index (κ2) is 6.82. The number of benzene rings is 2. The lowest BCUT2D eigenvalue weighted by Gasteiger charge is -2.01. The monoisotopic (exact) mass is 391 g/mol. The van der Waals surface area contributed by atoms with Crippen LogP contribution < -0.4 is 14.9 Å². The minimum atomic E-state index is -0.354. The Bertz CT molecular complexity index is 1180. The van der Waals surface area contributed by atoms with Crippen molar-refractivity contribution in [1.29, 1.82) is 0 Å². The highest BCUT2D eigenvalue weighted by molar-refractivity contribution is 7.21. The zero-order valence-electron chi connectivity index (χ0n) is 14.4. The summed E-state index contributed by atoms with van der Waals surface area (Å²) in [5.74, 6) is 1.98. The van der Waals surface area contributed by atoms with Gasteiger partial charge in [-0.25, -0.2) is 10.4 Å². The normalized spacial score (nSPS) is 12.7. The Balaban J connectivity index is 1.27. The van der Waals surface area contributed by atoms with Crippen molar-refractivity contribution in [3.8, 4) is 22.3 Å². The first-order chi connectivity index (χ1) is 13.8. The molecular formula is C20H13N3O4S. The third-order valence-corrected chi connectivity index (χ3v) is 5.18. The Kier molecular flexibility index (Phi) is 4.02. The third-order valence-electron chi connectivity index (χ3n) is 4.12. The molecule has 0 bridgehead atoms. The van der Waals surface area contributed by atoms with Gasteiger partial charge in [0.05, 0.1) is 16.4 Å². The van der Waals surface area contributed by atoms with E-state index in [1.54, 1.807) is 35.6 Å². The molecule has 138 valence electrons. The van der Waals surface area contributed by atoms with Crippen LogP contribution in [0, 0.1) is 0 Å². The van der Waals surface area contributed by atoms with E-state index < -0.39 is 0 Å². The third kappa shape index (κ3) is 3.10. The van der Waals surface area contributed by atoms with Crippen LogP contribution in [0.3, 0.4) is 0 Å². The SMILES string of the molecule is O=C(N/N=C\c1ccc(-c2nc3ccccc3s2)o1)c1ccc2c(c1)OCO2. The average molecular weight is 391 g/mol. The van der Waals surface area contributed by atoms with Gasteiger partial charge in [-0.1, -0.05) is 12.1 Å². The zero-order valence-corrected chi connectivity index (χ0v) is 15.2. The van der Waals surface area contributed by atoms with Gasteiger partial charge in [-0.2, -0.15) is 5.10 Å². The maximum atomic E-state index is 12.2. The van der Waals surface area contributed by atoms with Crippen LogP contribution in [0.25, 0.3) is 21.0 Å². The number of carbonyl (C=O) groups excluding carboxylic acids is 1. The van der Waals surface area contributed by atoms with Crippen molar-refractivity contribution >= 4 is 33.7 Å². The summed E-state index contributed by atoms with van der Waals surface area (Å²) in [5, 5.41) is 4.75. The minimum Gasteiger partial charge on any atom is -0.454 e. The van der Waals surface area contributed by atoms with E-state index in [2.05, 4.69) is 15.5 Å². The number of ether oxygens (including phenoxy) is 2. The largest absolute Gasteiger partial charge is 0.454 e. The number of hydrogen-bond donors (Lipinski definition) is 1. The van der Waals surface area contributed by atoms with Crippen molar-refractivity contribution in [2.24, 2.45) is 5.10 Å². The van der Waals surface area contributed by atoms with E-state index in [1.165, 1.54) is 6.21 Å². The molecule has 2 aromatic heterocycles. The van der Waals surface area contributed by atoms with Gasteiger partial charge in [-0.15, -0.1) is 11.3 Å². The fraction of sp³-hybridized carbons (Fsp3) is 0.0500. The van der Waals surface area contributed by atoms with Gasteiger partial charge < -0.3 is 13.9 Å². The molecule has 8 heteroatoms. The summed E-state index contributed by atoms with van der Waals surface area (Å²) < 4.78 is 17.4. The van der Waals surface area contributed by atoms with Crippen molar-refractivity contribution < 1.29 is 18.7 Å². The van der Waals surface area contributed by atoms with Crippen molar-refractivity contribution in [3.63, 3.8) is 0 Å². The smallest absolute Gasteiger partial charge is 0.271 e. The molecule has 4 aromatic rings. The highest BCUT2D eigenvalue weighted by Gasteiger charge is 2.16. The Labute approximate surface area is 163 Å². The molecule has 1 aliphatic heterocycles. The number of fused-ring (bicyclic) bond motifs is 2. The zero-order chi connectivity index (χ0) is 18.9. The Hall–Kier alpha value is -3.65. The lowest BCUT2D eigenvalue weighted by Crippen LogP contribution is -2.17. The molecule has 28 heavy (non-hydrogen) atoms. The molecule has 1 amide bonds. The van der Waals surface area contributed by atoms with E-state index in [9.17, 15) is 4.79 Å². The van der Waals surface area contributed by atoms with Gasteiger partial charge in [0.25, 0.3) is 5.91 Å². The number of thiazole rings is 1. The molecule has 0 spiro atoms. The number of rotatable bonds is 4. The first-order valence-corrected chi connectivity index (χ1v) is 9.27. The van der Waals surface area contributed by atoms with Crippen molar-refractivity contribution in [1.82, 2.24) is 10.4 Å². The lowest BCUT2D eigenvalue weighted by molar-refractivity contribution is 0.0954. The summed E-state index contributed by atoms with van der Waals surface area (Å²) in [5.41, 5.74) is 3.83. The second-order valence-electron chi connectivity index (χ2n) is 5.96. The quantitative estimate of drug-likeness (QED) is 0.419. The van der Waals surface area contributed by atoms with E-state index in [0.717, 1.165) is 15.2 Å². The fourth-order valence-electron chi connectivity index (χ4n) is 2.77. The fourth-order valence-corrected chi connectivity index (χ4v) is 3.70. The predicted octanol–water partition coefficient (Wildman–Crippen LogP) is 4.05. The molecule has 1 N–H and O–H groups in total. The number of nitrogens with zero attached hydrogens (tertiary/aromatic N) is 2. The molecule has 1 aliphatic rings. The molecule has 0 saturated carbocycles. The molecule has 0 atom stereocenters. The molecule has 7 nitrogen and oxygen atoms in total. The van der Waals surface area contributed by atoms with Crippen LogP contribution in [0.15, 0.2) is 64.1 Å². The molecular weight excluding hydrogens is 378 g/mol. The number of amides is 1. The van der Waals surface area contributed by atoms with Gasteiger partial charge in [0.1, 0.15) is 5.76 Å². The van der Waals surface area contributed by atoms with Gasteiger partial charge >= 0.3 is 0 Å². The number of hydrogen-bond acceptors (Lipinski definition) is 7. The summed E-state index contributed by atoms with van der Waals surface area (Å²) in [7, 11) is 0. The topological polar surface area (TPSA) is 86.0 Å². The van der Waals surface area contributed by atoms with Gasteiger partial charge in [0.15, 0.2) is 22.3 Å². The number of carbonyl (C=O) groups is 1. The first kappa shape index (κ1) is 16.5. The highest BCUT2D eigenvalue weighted by Crippen LogP contribution is 2.32. The highest BCUT2D eigenvalue weighted by atomic mass is 32.1. The maximum absolute atomic E-state index is 12.2. The van der Waals surface area contributed by atoms with Gasteiger partial charge in [0.2, 0.25) is 6.79 Å². The van der Waals surface area contributed by atoms with Crippen LogP contribution in [0.1, 0.15) is 16.1 Å². The molecule has 5 rings (SSSR count). The summed E-state index contributed by atoms with van der Waals surface area (Å²) >= 11 is 1.56. The summed E-state index contributed by atoms with van der Waals surface area (Å²) in [6, 6.07) is 16.5. The Morgan fingerprint density at radius 3 is 2.93 bits per heavy atom. The van der Waals surface area contributed by atoms with Crippen LogP contribution in [-0.2, 0) is 0 Å². The van der Waals surface area contributed by atoms with E-state index in [1.807, 2.05) is 30.3 Å². The van der Waals surface area contributed by atoms with Crippen LogP contribution in [0.2, 0.25) is 0 Å². The van der Waals surface area contributed by atoms with E-state index in [0.29, 0.717) is 28.6 Å². The van der Waals surface area contributed by atoms with Crippen LogP contribution in [0.5, 0.6) is 11.5 Å². The van der Waals surface area contributed by atoms with Gasteiger partial charge in [-0.05, 0) is 42.5 Å². The Morgan fingerprint density at radius 1 is 1.11 bits per heavy atom. The average Bonchev–Trinajstić information content (AvgIpc) is 3.45. The van der Waals surface area contributed by atoms with E-state index in [4.69, 9.17) is 13.9 Å². The van der Waals surface area contributed by atoms with Crippen molar-refractivity contribution in [2.75, 3.05) is 6.79 Å². The van der Waals surface area contributed by atoms with Gasteiger partial charge in [-0.3, -0.25) is 4.79 Å². The molecule has 3 heterocycles. The summed E-state index contributed by atoms with van der Waals surface area (Å²) in [6.07, 6.45) is 1.45. The molecule has 0 saturated heterocycles. The van der Waals surface area contributed by atoms with Crippen LogP contribution in [-0.4, -0.2) is 23.9 Å². The number of hydrazone groups is 1. The molecule has 0 aliphatic carbocycles. The first-order valence-electron chi connectivity index (χ1n) is 8.45. The number of aromatic nitrogens is 1. The molecule has 0 unspecified atom stereocenters. The summed E-state index contributed by atoms with van der Waals surface area (Å²) in [4.78, 5) is 16.8. The standard InChI is InChI=1S/C20H13N3O4S/c24-19(12-5-7-15-17(9-12)26-11-25-15)23-21-10-13-6-8-16(27-13)20-22-14-3-1-2-4-18(14)28-20/h1-10H,11H2,(H,23,24)/b21-10-. The number of furan rings is 1. The number of nitrogens with one attached hydrogen (secondary N) is 1. The molecule has 0 fully saturated rings. The van der Waals surface area contributed by atoms with Crippen LogP contribution in [0.4, 0.5) is 0 Å². The second-order valence-corrected chi connectivity index (χ2v) is 6.99. The maximum Gasteiger partial charge on any atom is 0.271 e. The number of para-hydroxylation sites is 1. The summed E-state index contributed by atoms with van der Waals surface area (Å²) in [6.45, 7) is 0.161.